The maximum Gasteiger partial charge on any atom is 0.306 e. The number of carbonyl (C=O) groups excluding carboxylic acids is 1. The fraction of sp³-hybridized carbons (Fsp3) is 0.467. The summed E-state index contributed by atoms with van der Waals surface area (Å²) >= 11 is 0. The molecule has 2 N–H and O–H groups in total. The molecule has 1 aliphatic carbocycles. The number of hydrogen-bond donors (Lipinski definition) is 2. The van der Waals surface area contributed by atoms with E-state index in [-0.39, 0.29) is 17.9 Å². The third kappa shape index (κ3) is 3.57. The first-order chi connectivity index (χ1) is 9.60. The van der Waals surface area contributed by atoms with Gasteiger partial charge >= 0.3 is 5.97 Å². The second kappa shape index (κ2) is 6.52. The van der Waals surface area contributed by atoms with E-state index in [1.807, 2.05) is 12.1 Å². The predicted octanol–water partition coefficient (Wildman–Crippen LogP) is 1.82. The molecule has 0 saturated heterocycles. The molecular formula is C15H19NO4. The summed E-state index contributed by atoms with van der Waals surface area (Å²) in [5.74, 6) is -1.26. The highest BCUT2D eigenvalue weighted by molar-refractivity contribution is 5.94. The highest BCUT2D eigenvalue weighted by Gasteiger charge is 2.30. The Balaban J connectivity index is 1.95. The van der Waals surface area contributed by atoms with Gasteiger partial charge in [-0.2, -0.15) is 0 Å². The number of nitrogens with one attached hydrogen (secondary N) is 1. The average Bonchev–Trinajstić information content (AvgIpc) is 2.88. The molecule has 2 rings (SSSR count). The minimum absolute atomic E-state index is 0.0466. The van der Waals surface area contributed by atoms with Crippen molar-refractivity contribution in [3.63, 3.8) is 0 Å². The third-order valence-corrected chi connectivity index (χ3v) is 3.62. The molecule has 5 heteroatoms. The smallest absolute Gasteiger partial charge is 0.306 e. The van der Waals surface area contributed by atoms with E-state index >= 15 is 0 Å². The van der Waals surface area contributed by atoms with Crippen molar-refractivity contribution in [1.82, 2.24) is 5.32 Å². The van der Waals surface area contributed by atoms with Crippen LogP contribution in [0.2, 0.25) is 0 Å². The number of aliphatic carboxylic acids is 1. The fourth-order valence-corrected chi connectivity index (χ4v) is 2.57. The number of carboxylic acid groups (broad SMARTS) is 1. The van der Waals surface area contributed by atoms with Gasteiger partial charge in [-0.15, -0.1) is 0 Å². The molecule has 1 fully saturated rings. The highest BCUT2D eigenvalue weighted by Crippen LogP contribution is 2.25. The van der Waals surface area contributed by atoms with Crippen LogP contribution in [0, 0.1) is 5.92 Å². The SMILES string of the molecule is COCc1cccc(C(=O)NC2CCC(C(=O)O)C2)c1. The third-order valence-electron chi connectivity index (χ3n) is 3.62. The van der Waals surface area contributed by atoms with Crippen molar-refractivity contribution in [1.29, 1.82) is 0 Å². The Morgan fingerprint density at radius 2 is 2.20 bits per heavy atom. The van der Waals surface area contributed by atoms with Gasteiger partial charge in [-0.25, -0.2) is 0 Å². The zero-order valence-electron chi connectivity index (χ0n) is 11.5. The van der Waals surface area contributed by atoms with Crippen LogP contribution < -0.4 is 5.32 Å². The summed E-state index contributed by atoms with van der Waals surface area (Å²) in [6, 6.07) is 7.21. The summed E-state index contributed by atoms with van der Waals surface area (Å²) in [6.07, 6.45) is 1.86. The van der Waals surface area contributed by atoms with Crippen molar-refractivity contribution in [2.24, 2.45) is 5.92 Å². The topological polar surface area (TPSA) is 75.6 Å². The molecule has 1 aromatic rings. The van der Waals surface area contributed by atoms with Crippen LogP contribution in [0.3, 0.4) is 0 Å². The Morgan fingerprint density at radius 3 is 2.85 bits per heavy atom. The van der Waals surface area contributed by atoms with Crippen molar-refractivity contribution < 1.29 is 19.4 Å². The molecule has 0 aliphatic heterocycles. The maximum absolute atomic E-state index is 12.1. The van der Waals surface area contributed by atoms with Crippen molar-refractivity contribution in [3.05, 3.63) is 35.4 Å². The van der Waals surface area contributed by atoms with Gasteiger partial charge in [0.2, 0.25) is 0 Å². The van der Waals surface area contributed by atoms with E-state index < -0.39 is 5.97 Å². The average molecular weight is 277 g/mol. The van der Waals surface area contributed by atoms with E-state index in [1.165, 1.54) is 0 Å². The summed E-state index contributed by atoms with van der Waals surface area (Å²) in [5, 5.41) is 11.9. The van der Waals surface area contributed by atoms with E-state index in [4.69, 9.17) is 9.84 Å². The number of amides is 1. The lowest BCUT2D eigenvalue weighted by atomic mass is 10.1. The second-order valence-electron chi connectivity index (χ2n) is 5.15. The van der Waals surface area contributed by atoms with Gasteiger partial charge in [0, 0.05) is 18.7 Å². The van der Waals surface area contributed by atoms with Gasteiger partial charge in [0.05, 0.1) is 12.5 Å². The normalized spacial score (nSPS) is 21.6. The van der Waals surface area contributed by atoms with Gasteiger partial charge in [0.1, 0.15) is 0 Å². The first kappa shape index (κ1) is 14.5. The van der Waals surface area contributed by atoms with Crippen LogP contribution in [-0.4, -0.2) is 30.1 Å². The molecule has 1 aliphatic rings. The number of carbonyl (C=O) groups is 2. The summed E-state index contributed by atoms with van der Waals surface area (Å²) in [4.78, 5) is 23.0. The van der Waals surface area contributed by atoms with E-state index in [0.717, 1.165) is 12.0 Å². The van der Waals surface area contributed by atoms with Gasteiger partial charge < -0.3 is 15.2 Å². The lowest BCUT2D eigenvalue weighted by molar-refractivity contribution is -0.141. The van der Waals surface area contributed by atoms with Crippen LogP contribution >= 0.6 is 0 Å². The van der Waals surface area contributed by atoms with Crippen molar-refractivity contribution >= 4 is 11.9 Å². The molecule has 20 heavy (non-hydrogen) atoms. The number of benzene rings is 1. The zero-order chi connectivity index (χ0) is 14.5. The standard InChI is InChI=1S/C15H19NO4/c1-20-9-10-3-2-4-11(7-10)14(17)16-13-6-5-12(8-13)15(18)19/h2-4,7,12-13H,5-6,8-9H2,1H3,(H,16,17)(H,18,19). The number of rotatable bonds is 5. The van der Waals surface area contributed by atoms with Crippen molar-refractivity contribution in [2.75, 3.05) is 7.11 Å². The minimum Gasteiger partial charge on any atom is -0.481 e. The van der Waals surface area contributed by atoms with Gasteiger partial charge in [-0.1, -0.05) is 12.1 Å². The molecule has 1 amide bonds. The molecular weight excluding hydrogens is 258 g/mol. The summed E-state index contributed by atoms with van der Waals surface area (Å²) in [5.41, 5.74) is 1.52. The summed E-state index contributed by atoms with van der Waals surface area (Å²) < 4.78 is 5.04. The van der Waals surface area contributed by atoms with Crippen LogP contribution in [0.4, 0.5) is 0 Å². The van der Waals surface area contributed by atoms with Crippen molar-refractivity contribution in [3.8, 4) is 0 Å². The molecule has 1 aromatic carbocycles. The van der Waals surface area contributed by atoms with Crippen LogP contribution in [0.25, 0.3) is 0 Å². The van der Waals surface area contributed by atoms with Crippen LogP contribution in [-0.2, 0) is 16.1 Å². The van der Waals surface area contributed by atoms with Gasteiger partial charge in [-0.3, -0.25) is 9.59 Å². The lowest BCUT2D eigenvalue weighted by Gasteiger charge is -2.13. The summed E-state index contributed by atoms with van der Waals surface area (Å²) in [6.45, 7) is 0.464. The van der Waals surface area contributed by atoms with Gasteiger partial charge in [0.15, 0.2) is 0 Å². The minimum atomic E-state index is -0.774. The molecule has 2 atom stereocenters. The molecule has 2 unspecified atom stereocenters. The molecule has 1 saturated carbocycles. The Hall–Kier alpha value is -1.88. The first-order valence-corrected chi connectivity index (χ1v) is 6.71. The quantitative estimate of drug-likeness (QED) is 0.860. The highest BCUT2D eigenvalue weighted by atomic mass is 16.5. The molecule has 0 heterocycles. The second-order valence-corrected chi connectivity index (χ2v) is 5.15. The first-order valence-electron chi connectivity index (χ1n) is 6.71. The van der Waals surface area contributed by atoms with Crippen LogP contribution in [0.15, 0.2) is 24.3 Å². The lowest BCUT2D eigenvalue weighted by Crippen LogP contribution is -2.33. The number of carboxylic acids is 1. The fourth-order valence-electron chi connectivity index (χ4n) is 2.57. The monoisotopic (exact) mass is 277 g/mol. The Bertz CT molecular complexity index is 500. The van der Waals surface area contributed by atoms with Gasteiger partial charge in [0.25, 0.3) is 5.91 Å². The van der Waals surface area contributed by atoms with E-state index in [1.54, 1.807) is 19.2 Å². The molecule has 0 spiro atoms. The van der Waals surface area contributed by atoms with Crippen LogP contribution in [0.1, 0.15) is 35.2 Å². The molecule has 108 valence electrons. The molecule has 0 aromatic heterocycles. The van der Waals surface area contributed by atoms with Crippen LogP contribution in [0.5, 0.6) is 0 Å². The van der Waals surface area contributed by atoms with E-state index in [0.29, 0.717) is 25.0 Å². The Labute approximate surface area is 117 Å². The number of hydrogen-bond acceptors (Lipinski definition) is 3. The molecule has 0 radical (unpaired) electrons. The Kier molecular flexibility index (Phi) is 4.74. The number of ether oxygens (including phenoxy) is 1. The maximum atomic E-state index is 12.1. The molecule has 0 bridgehead atoms. The van der Waals surface area contributed by atoms with E-state index in [9.17, 15) is 9.59 Å². The molecule has 5 nitrogen and oxygen atoms in total. The number of methoxy groups -OCH3 is 1. The largest absolute Gasteiger partial charge is 0.481 e. The summed E-state index contributed by atoms with van der Waals surface area (Å²) in [7, 11) is 1.61. The van der Waals surface area contributed by atoms with Crippen molar-refractivity contribution in [2.45, 2.75) is 31.9 Å². The predicted molar refractivity (Wildman–Crippen MR) is 73.4 cm³/mol. The Morgan fingerprint density at radius 1 is 1.40 bits per heavy atom. The van der Waals surface area contributed by atoms with E-state index in [2.05, 4.69) is 5.32 Å². The van der Waals surface area contributed by atoms with Gasteiger partial charge in [-0.05, 0) is 37.0 Å². The zero-order valence-corrected chi connectivity index (χ0v) is 11.5.